The predicted molar refractivity (Wildman–Crippen MR) is 79.9 cm³/mol. The summed E-state index contributed by atoms with van der Waals surface area (Å²) in [4.78, 5) is 23.7. The third kappa shape index (κ3) is 4.19. The van der Waals surface area contributed by atoms with E-state index in [-0.39, 0.29) is 25.5 Å². The number of nitrogens with zero attached hydrogens (tertiary/aromatic N) is 1. The largest absolute Gasteiger partial charge is 0.465 e. The standard InChI is InChI=1S/C14H24N2O5S/c1-3-21-14(18)12-5-4-8-16(12)22(19,20)15-13(17)9-10(2)11-6-7-11/h10-12H,3-9H2,1-2H3,(H,15,17)/t10-,12+/m1/s1. The van der Waals surface area contributed by atoms with Gasteiger partial charge in [-0.1, -0.05) is 6.92 Å². The maximum atomic E-state index is 12.3. The van der Waals surface area contributed by atoms with E-state index in [1.165, 1.54) is 0 Å². The van der Waals surface area contributed by atoms with Crippen LogP contribution in [0.2, 0.25) is 0 Å². The number of ether oxygens (including phenoxy) is 1. The monoisotopic (exact) mass is 332 g/mol. The minimum absolute atomic E-state index is 0.189. The Morgan fingerprint density at radius 2 is 2.00 bits per heavy atom. The lowest BCUT2D eigenvalue weighted by molar-refractivity contribution is -0.147. The summed E-state index contributed by atoms with van der Waals surface area (Å²) in [5.74, 6) is -0.333. The van der Waals surface area contributed by atoms with Gasteiger partial charge in [-0.2, -0.15) is 12.7 Å². The highest BCUT2D eigenvalue weighted by Crippen LogP contribution is 2.38. The van der Waals surface area contributed by atoms with Gasteiger partial charge in [-0.25, -0.2) is 4.72 Å². The Balaban J connectivity index is 1.95. The first-order chi connectivity index (χ1) is 10.3. The van der Waals surface area contributed by atoms with Crippen LogP contribution in [0.25, 0.3) is 0 Å². The van der Waals surface area contributed by atoms with E-state index in [1.54, 1.807) is 6.92 Å². The summed E-state index contributed by atoms with van der Waals surface area (Å²) < 4.78 is 32.7. The summed E-state index contributed by atoms with van der Waals surface area (Å²) in [6.45, 7) is 4.06. The molecule has 22 heavy (non-hydrogen) atoms. The van der Waals surface area contributed by atoms with E-state index in [9.17, 15) is 18.0 Å². The number of nitrogens with one attached hydrogen (secondary N) is 1. The second-order valence-corrected chi connectivity index (χ2v) is 7.69. The number of esters is 1. The molecule has 1 amide bonds. The van der Waals surface area contributed by atoms with Crippen LogP contribution in [0.15, 0.2) is 0 Å². The van der Waals surface area contributed by atoms with Crippen LogP contribution in [0.3, 0.4) is 0 Å². The molecule has 1 heterocycles. The number of carbonyl (C=O) groups is 2. The molecule has 0 unspecified atom stereocenters. The number of hydrogen-bond acceptors (Lipinski definition) is 5. The minimum atomic E-state index is -3.99. The third-order valence-electron chi connectivity index (χ3n) is 4.25. The molecular weight excluding hydrogens is 308 g/mol. The summed E-state index contributed by atoms with van der Waals surface area (Å²) in [5, 5.41) is 0. The fourth-order valence-corrected chi connectivity index (χ4v) is 4.25. The minimum Gasteiger partial charge on any atom is -0.465 e. The van der Waals surface area contributed by atoms with Gasteiger partial charge in [0, 0.05) is 13.0 Å². The van der Waals surface area contributed by atoms with Crippen molar-refractivity contribution in [1.82, 2.24) is 9.03 Å². The fraction of sp³-hybridized carbons (Fsp3) is 0.857. The molecule has 126 valence electrons. The Morgan fingerprint density at radius 1 is 1.32 bits per heavy atom. The molecule has 2 aliphatic rings. The highest BCUT2D eigenvalue weighted by molar-refractivity contribution is 7.87. The van der Waals surface area contributed by atoms with Crippen LogP contribution in [0.4, 0.5) is 0 Å². The lowest BCUT2D eigenvalue weighted by Crippen LogP contribution is -2.48. The molecule has 0 aromatic heterocycles. The van der Waals surface area contributed by atoms with Crippen LogP contribution < -0.4 is 4.72 Å². The van der Waals surface area contributed by atoms with Crippen molar-refractivity contribution in [1.29, 1.82) is 0 Å². The topological polar surface area (TPSA) is 92.8 Å². The molecule has 0 bridgehead atoms. The van der Waals surface area contributed by atoms with Crippen LogP contribution >= 0.6 is 0 Å². The van der Waals surface area contributed by atoms with Gasteiger partial charge in [-0.05, 0) is 44.4 Å². The average molecular weight is 332 g/mol. The van der Waals surface area contributed by atoms with Crippen molar-refractivity contribution in [3.8, 4) is 0 Å². The lowest BCUT2D eigenvalue weighted by atomic mass is 10.0. The second-order valence-electron chi connectivity index (χ2n) is 6.07. The zero-order valence-electron chi connectivity index (χ0n) is 13.1. The number of amides is 1. The van der Waals surface area contributed by atoms with E-state index in [0.29, 0.717) is 18.8 Å². The van der Waals surface area contributed by atoms with Gasteiger partial charge in [0.15, 0.2) is 0 Å². The molecule has 1 aliphatic heterocycles. The van der Waals surface area contributed by atoms with Gasteiger partial charge in [0.1, 0.15) is 6.04 Å². The number of rotatable bonds is 7. The van der Waals surface area contributed by atoms with Gasteiger partial charge < -0.3 is 4.74 Å². The molecule has 1 saturated carbocycles. The van der Waals surface area contributed by atoms with E-state index in [0.717, 1.165) is 17.1 Å². The van der Waals surface area contributed by atoms with Gasteiger partial charge in [-0.15, -0.1) is 0 Å². The van der Waals surface area contributed by atoms with Crippen LogP contribution in [-0.2, 0) is 24.5 Å². The third-order valence-corrected chi connectivity index (χ3v) is 5.79. The maximum Gasteiger partial charge on any atom is 0.324 e. The van der Waals surface area contributed by atoms with Crippen molar-refractivity contribution in [3.63, 3.8) is 0 Å². The molecule has 2 rings (SSSR count). The van der Waals surface area contributed by atoms with Crippen LogP contribution in [0, 0.1) is 11.8 Å². The molecule has 2 atom stereocenters. The Bertz CT molecular complexity index is 529. The lowest BCUT2D eigenvalue weighted by Gasteiger charge is -2.23. The smallest absolute Gasteiger partial charge is 0.324 e. The van der Waals surface area contributed by atoms with Crippen LogP contribution in [0.1, 0.15) is 46.0 Å². The first-order valence-electron chi connectivity index (χ1n) is 7.84. The highest BCUT2D eigenvalue weighted by Gasteiger charge is 2.40. The van der Waals surface area contributed by atoms with Crippen molar-refractivity contribution in [2.45, 2.75) is 52.0 Å². The Morgan fingerprint density at radius 3 is 2.59 bits per heavy atom. The zero-order valence-corrected chi connectivity index (χ0v) is 13.9. The molecule has 0 aromatic carbocycles. The predicted octanol–water partition coefficient (Wildman–Crippen LogP) is 0.811. The second kappa shape index (κ2) is 6.95. The molecule has 1 saturated heterocycles. The van der Waals surface area contributed by atoms with Crippen LogP contribution in [0.5, 0.6) is 0 Å². The summed E-state index contributed by atoms with van der Waals surface area (Å²) in [7, 11) is -3.99. The van der Waals surface area contributed by atoms with E-state index in [2.05, 4.69) is 4.72 Å². The van der Waals surface area contributed by atoms with Crippen molar-refractivity contribution >= 4 is 22.1 Å². The SMILES string of the molecule is CCOC(=O)[C@@H]1CCCN1S(=O)(=O)NC(=O)C[C@@H](C)C1CC1. The van der Waals surface area contributed by atoms with Gasteiger partial charge in [0.2, 0.25) is 5.91 Å². The molecule has 1 aliphatic carbocycles. The molecular formula is C14H24N2O5S. The van der Waals surface area contributed by atoms with Crippen molar-refractivity contribution in [2.75, 3.05) is 13.2 Å². The molecule has 2 fully saturated rings. The van der Waals surface area contributed by atoms with Crippen LogP contribution in [-0.4, -0.2) is 43.8 Å². The Labute approximate surface area is 131 Å². The summed E-state index contributed by atoms with van der Waals surface area (Å²) in [5.41, 5.74) is 0. The Hall–Kier alpha value is -1.15. The quantitative estimate of drug-likeness (QED) is 0.697. The summed E-state index contributed by atoms with van der Waals surface area (Å²) >= 11 is 0. The zero-order chi connectivity index (χ0) is 16.3. The fourth-order valence-electron chi connectivity index (χ4n) is 2.87. The number of hydrogen-bond donors (Lipinski definition) is 1. The van der Waals surface area contributed by atoms with Gasteiger partial charge >= 0.3 is 16.2 Å². The first kappa shape index (κ1) is 17.2. The van der Waals surface area contributed by atoms with Gasteiger partial charge in [0.05, 0.1) is 6.61 Å². The molecule has 0 spiro atoms. The Kier molecular flexibility index (Phi) is 5.44. The molecule has 1 N–H and O–H groups in total. The van der Waals surface area contributed by atoms with E-state index >= 15 is 0 Å². The van der Waals surface area contributed by atoms with Crippen molar-refractivity contribution < 1.29 is 22.7 Å². The van der Waals surface area contributed by atoms with E-state index in [4.69, 9.17) is 4.74 Å². The van der Waals surface area contributed by atoms with E-state index in [1.807, 2.05) is 6.92 Å². The molecule has 7 nitrogen and oxygen atoms in total. The average Bonchev–Trinajstić information content (AvgIpc) is 3.14. The van der Waals surface area contributed by atoms with Crippen molar-refractivity contribution in [2.24, 2.45) is 11.8 Å². The molecule has 0 radical (unpaired) electrons. The highest BCUT2D eigenvalue weighted by atomic mass is 32.2. The van der Waals surface area contributed by atoms with Gasteiger partial charge in [0.25, 0.3) is 0 Å². The normalized spacial score (nSPS) is 24.0. The summed E-state index contributed by atoms with van der Waals surface area (Å²) in [6, 6.07) is -0.828. The van der Waals surface area contributed by atoms with E-state index < -0.39 is 28.1 Å². The first-order valence-corrected chi connectivity index (χ1v) is 9.28. The molecule has 0 aromatic rings. The molecule has 8 heteroatoms. The maximum absolute atomic E-state index is 12.3. The number of carbonyl (C=O) groups excluding carboxylic acids is 2. The van der Waals surface area contributed by atoms with Gasteiger partial charge in [-0.3, -0.25) is 9.59 Å². The summed E-state index contributed by atoms with van der Waals surface area (Å²) in [6.07, 6.45) is 3.42. The van der Waals surface area contributed by atoms with Crippen molar-refractivity contribution in [3.05, 3.63) is 0 Å².